The fourth-order valence-corrected chi connectivity index (χ4v) is 2.02. The Kier molecular flexibility index (Phi) is 4.66. The van der Waals surface area contributed by atoms with Crippen LogP contribution in [-0.4, -0.2) is 11.5 Å². The molecule has 0 heterocycles. The first-order valence-electron chi connectivity index (χ1n) is 4.50. The monoisotopic (exact) mass is 212 g/mol. The van der Waals surface area contributed by atoms with Crippen molar-refractivity contribution in [1.82, 2.24) is 0 Å². The van der Waals surface area contributed by atoms with Crippen LogP contribution in [0.25, 0.3) is 0 Å². The van der Waals surface area contributed by atoms with Crippen molar-refractivity contribution in [2.45, 2.75) is 19.1 Å². The van der Waals surface area contributed by atoms with Gasteiger partial charge in [0.2, 0.25) is 0 Å². The number of ketones is 1. The first-order chi connectivity index (χ1) is 6.68. The molecule has 0 atom stereocenters. The fourth-order valence-electron chi connectivity index (χ4n) is 1.03. The molecule has 0 aromatic heterocycles. The summed E-state index contributed by atoms with van der Waals surface area (Å²) in [6, 6.07) is 6.56. The molecule has 14 heavy (non-hydrogen) atoms. The predicted molar refractivity (Wildman–Crippen MR) is 57.9 cm³/mol. The van der Waals surface area contributed by atoms with Crippen LogP contribution >= 0.6 is 11.8 Å². The molecule has 1 rings (SSSR count). The van der Waals surface area contributed by atoms with Crippen LogP contribution in [0.3, 0.4) is 0 Å². The summed E-state index contributed by atoms with van der Waals surface area (Å²) in [5.41, 5.74) is 0.971. The molecule has 0 aliphatic heterocycles. The van der Waals surface area contributed by atoms with Crippen LogP contribution in [-0.2, 0) is 10.5 Å². The number of Topliss-reactive ketones (excluding diaryl/α,β-unsaturated/α-hetero) is 1. The van der Waals surface area contributed by atoms with Crippen LogP contribution < -0.4 is 0 Å². The van der Waals surface area contributed by atoms with Gasteiger partial charge in [0, 0.05) is 17.9 Å². The van der Waals surface area contributed by atoms with E-state index in [0.717, 1.165) is 17.1 Å². The zero-order valence-corrected chi connectivity index (χ0v) is 8.94. The molecular weight excluding hydrogens is 199 g/mol. The molecule has 1 aromatic rings. The molecule has 1 aromatic carbocycles. The maximum atomic E-state index is 12.7. The Hall–Kier alpha value is -0.830. The van der Waals surface area contributed by atoms with E-state index in [4.69, 9.17) is 0 Å². The lowest BCUT2D eigenvalue weighted by molar-refractivity contribution is -0.116. The van der Waals surface area contributed by atoms with E-state index in [1.807, 2.05) is 6.07 Å². The third-order valence-electron chi connectivity index (χ3n) is 1.76. The van der Waals surface area contributed by atoms with Crippen LogP contribution in [0, 0.1) is 5.82 Å². The van der Waals surface area contributed by atoms with Crippen molar-refractivity contribution in [1.29, 1.82) is 0 Å². The average Bonchev–Trinajstić information content (AvgIpc) is 2.12. The molecule has 0 aliphatic carbocycles. The first kappa shape index (κ1) is 11.2. The van der Waals surface area contributed by atoms with E-state index in [1.54, 1.807) is 24.8 Å². The number of halogens is 1. The van der Waals surface area contributed by atoms with E-state index in [9.17, 15) is 9.18 Å². The SMILES string of the molecule is CC(=O)CCSCc1cccc(F)c1. The van der Waals surface area contributed by atoms with E-state index >= 15 is 0 Å². The Balaban J connectivity index is 2.28. The van der Waals surface area contributed by atoms with E-state index in [-0.39, 0.29) is 11.6 Å². The van der Waals surface area contributed by atoms with Gasteiger partial charge in [-0.15, -0.1) is 0 Å². The third-order valence-corrected chi connectivity index (χ3v) is 2.79. The van der Waals surface area contributed by atoms with Gasteiger partial charge in [-0.3, -0.25) is 4.79 Å². The highest BCUT2D eigenvalue weighted by molar-refractivity contribution is 7.98. The Morgan fingerprint density at radius 1 is 1.50 bits per heavy atom. The van der Waals surface area contributed by atoms with Crippen molar-refractivity contribution in [3.05, 3.63) is 35.6 Å². The molecule has 1 nitrogen and oxygen atoms in total. The van der Waals surface area contributed by atoms with Gasteiger partial charge in [-0.25, -0.2) is 4.39 Å². The molecule has 0 bridgehead atoms. The molecule has 0 N–H and O–H groups in total. The highest BCUT2D eigenvalue weighted by Gasteiger charge is 1.97. The normalized spacial score (nSPS) is 10.1. The van der Waals surface area contributed by atoms with Gasteiger partial charge in [0.1, 0.15) is 11.6 Å². The molecule has 3 heteroatoms. The summed E-state index contributed by atoms with van der Waals surface area (Å²) >= 11 is 1.66. The van der Waals surface area contributed by atoms with E-state index < -0.39 is 0 Å². The van der Waals surface area contributed by atoms with Gasteiger partial charge >= 0.3 is 0 Å². The quantitative estimate of drug-likeness (QED) is 0.698. The zero-order valence-electron chi connectivity index (χ0n) is 8.13. The summed E-state index contributed by atoms with van der Waals surface area (Å²) in [6.45, 7) is 1.59. The number of rotatable bonds is 5. The first-order valence-corrected chi connectivity index (χ1v) is 5.65. The standard InChI is InChI=1S/C11H13FOS/c1-9(13)5-6-14-8-10-3-2-4-11(12)7-10/h2-4,7H,5-6,8H2,1H3. The summed E-state index contributed by atoms with van der Waals surface area (Å²) in [5, 5.41) is 0. The number of benzene rings is 1. The molecule has 0 aliphatic rings. The van der Waals surface area contributed by atoms with Crippen molar-refractivity contribution < 1.29 is 9.18 Å². The van der Waals surface area contributed by atoms with Crippen molar-refractivity contribution in [3.63, 3.8) is 0 Å². The summed E-state index contributed by atoms with van der Waals surface area (Å²) in [6.07, 6.45) is 0.597. The van der Waals surface area contributed by atoms with Gasteiger partial charge in [-0.1, -0.05) is 12.1 Å². The zero-order chi connectivity index (χ0) is 10.4. The molecule has 76 valence electrons. The lowest BCUT2D eigenvalue weighted by Gasteiger charge is -2.00. The molecule has 0 radical (unpaired) electrons. The number of hydrogen-bond donors (Lipinski definition) is 0. The molecule has 0 unspecified atom stereocenters. The van der Waals surface area contributed by atoms with E-state index in [0.29, 0.717) is 6.42 Å². The molecular formula is C11H13FOS. The summed E-state index contributed by atoms with van der Waals surface area (Å²) in [5.74, 6) is 1.59. The van der Waals surface area contributed by atoms with Crippen LogP contribution in [0.15, 0.2) is 24.3 Å². The molecule has 0 spiro atoms. The van der Waals surface area contributed by atoms with Crippen LogP contribution in [0.5, 0.6) is 0 Å². The van der Waals surface area contributed by atoms with Gasteiger partial charge in [0.15, 0.2) is 0 Å². The van der Waals surface area contributed by atoms with Gasteiger partial charge in [0.05, 0.1) is 0 Å². The Morgan fingerprint density at radius 2 is 2.29 bits per heavy atom. The predicted octanol–water partition coefficient (Wildman–Crippen LogP) is 3.04. The van der Waals surface area contributed by atoms with Crippen LogP contribution in [0.4, 0.5) is 4.39 Å². The minimum Gasteiger partial charge on any atom is -0.300 e. The Labute approximate surface area is 87.7 Å². The number of hydrogen-bond acceptors (Lipinski definition) is 2. The van der Waals surface area contributed by atoms with Crippen LogP contribution in [0.1, 0.15) is 18.9 Å². The van der Waals surface area contributed by atoms with Crippen molar-refractivity contribution in [2.75, 3.05) is 5.75 Å². The van der Waals surface area contributed by atoms with Gasteiger partial charge in [-0.2, -0.15) is 11.8 Å². The van der Waals surface area contributed by atoms with E-state index in [1.165, 1.54) is 12.1 Å². The fraction of sp³-hybridized carbons (Fsp3) is 0.364. The van der Waals surface area contributed by atoms with Gasteiger partial charge in [0.25, 0.3) is 0 Å². The average molecular weight is 212 g/mol. The third kappa shape index (κ3) is 4.42. The Bertz CT molecular complexity index is 312. The van der Waals surface area contributed by atoms with E-state index in [2.05, 4.69) is 0 Å². The molecule has 0 saturated heterocycles. The smallest absolute Gasteiger partial charge is 0.130 e. The number of carbonyl (C=O) groups is 1. The summed E-state index contributed by atoms with van der Waals surface area (Å²) in [4.78, 5) is 10.6. The van der Waals surface area contributed by atoms with Crippen molar-refractivity contribution in [3.8, 4) is 0 Å². The maximum Gasteiger partial charge on any atom is 0.130 e. The largest absolute Gasteiger partial charge is 0.300 e. The second-order valence-corrected chi connectivity index (χ2v) is 4.24. The number of thioether (sulfide) groups is 1. The highest BCUT2D eigenvalue weighted by Crippen LogP contribution is 2.13. The Morgan fingerprint density at radius 3 is 2.93 bits per heavy atom. The topological polar surface area (TPSA) is 17.1 Å². The molecule has 0 amide bonds. The lowest BCUT2D eigenvalue weighted by Crippen LogP contribution is -1.92. The second-order valence-electron chi connectivity index (χ2n) is 3.13. The minimum absolute atomic E-state index is 0.199. The summed E-state index contributed by atoms with van der Waals surface area (Å²) < 4.78 is 12.7. The lowest BCUT2D eigenvalue weighted by atomic mass is 10.2. The van der Waals surface area contributed by atoms with Crippen LogP contribution in [0.2, 0.25) is 0 Å². The molecule has 0 saturated carbocycles. The minimum atomic E-state index is -0.199. The van der Waals surface area contributed by atoms with Gasteiger partial charge < -0.3 is 0 Å². The highest BCUT2D eigenvalue weighted by atomic mass is 32.2. The molecule has 0 fully saturated rings. The maximum absolute atomic E-state index is 12.7. The van der Waals surface area contributed by atoms with Crippen molar-refractivity contribution >= 4 is 17.5 Å². The summed E-state index contributed by atoms with van der Waals surface area (Å²) in [7, 11) is 0. The van der Waals surface area contributed by atoms with Gasteiger partial charge in [-0.05, 0) is 24.6 Å². The number of carbonyl (C=O) groups excluding carboxylic acids is 1. The second kappa shape index (κ2) is 5.81. The van der Waals surface area contributed by atoms with Crippen molar-refractivity contribution in [2.24, 2.45) is 0 Å².